The summed E-state index contributed by atoms with van der Waals surface area (Å²) in [6, 6.07) is 8.09. The van der Waals surface area contributed by atoms with Crippen LogP contribution in [0.1, 0.15) is 62.9 Å². The van der Waals surface area contributed by atoms with Gasteiger partial charge in [-0.2, -0.15) is 4.98 Å². The summed E-state index contributed by atoms with van der Waals surface area (Å²) in [5.74, 6) is 2.26. The molecule has 1 fully saturated rings. The minimum atomic E-state index is 0.0108. The molecule has 0 saturated heterocycles. The molecular weight excluding hydrogens is 274 g/mol. The van der Waals surface area contributed by atoms with Crippen LogP contribution in [-0.2, 0) is 6.42 Å². The van der Waals surface area contributed by atoms with Gasteiger partial charge in [0, 0.05) is 18.0 Å². The predicted octanol–water partition coefficient (Wildman–Crippen LogP) is 4.27. The van der Waals surface area contributed by atoms with Crippen molar-refractivity contribution in [3.8, 4) is 11.4 Å². The first-order chi connectivity index (χ1) is 10.8. The summed E-state index contributed by atoms with van der Waals surface area (Å²) in [5, 5.41) is 4.17. The molecule has 1 saturated carbocycles. The average molecular weight is 299 g/mol. The van der Waals surface area contributed by atoms with Crippen molar-refractivity contribution < 1.29 is 4.52 Å². The summed E-state index contributed by atoms with van der Waals surface area (Å²) < 4.78 is 5.45. The van der Waals surface area contributed by atoms with Gasteiger partial charge in [0.1, 0.15) is 0 Å². The molecule has 1 aromatic carbocycles. The maximum Gasteiger partial charge on any atom is 0.226 e. The largest absolute Gasteiger partial charge is 0.339 e. The lowest BCUT2D eigenvalue weighted by molar-refractivity contribution is 0.362. The van der Waals surface area contributed by atoms with Gasteiger partial charge in [0.15, 0.2) is 0 Å². The highest BCUT2D eigenvalue weighted by atomic mass is 16.5. The van der Waals surface area contributed by atoms with Crippen molar-refractivity contribution in [1.29, 1.82) is 0 Å². The monoisotopic (exact) mass is 299 g/mol. The number of hydrogen-bond donors (Lipinski definition) is 1. The first-order valence-electron chi connectivity index (χ1n) is 8.45. The van der Waals surface area contributed by atoms with Gasteiger partial charge in [0.25, 0.3) is 0 Å². The van der Waals surface area contributed by atoms with Crippen LogP contribution in [0.3, 0.4) is 0 Å². The number of rotatable bonds is 6. The van der Waals surface area contributed by atoms with Crippen LogP contribution in [0.5, 0.6) is 0 Å². The molecule has 118 valence electrons. The number of aromatic nitrogens is 2. The van der Waals surface area contributed by atoms with Crippen molar-refractivity contribution >= 4 is 0 Å². The van der Waals surface area contributed by atoms with Crippen molar-refractivity contribution in [3.63, 3.8) is 0 Å². The van der Waals surface area contributed by atoms with Crippen molar-refractivity contribution in [3.05, 3.63) is 35.7 Å². The third-order valence-corrected chi connectivity index (χ3v) is 4.75. The van der Waals surface area contributed by atoms with Gasteiger partial charge in [0.05, 0.1) is 0 Å². The summed E-state index contributed by atoms with van der Waals surface area (Å²) in [4.78, 5) is 4.59. The lowest BCUT2D eigenvalue weighted by Gasteiger charge is -2.12. The van der Waals surface area contributed by atoms with Crippen LogP contribution in [-0.4, -0.2) is 10.1 Å². The molecule has 0 aliphatic heterocycles. The van der Waals surface area contributed by atoms with Crippen LogP contribution in [0.2, 0.25) is 0 Å². The molecule has 0 amide bonds. The fourth-order valence-corrected chi connectivity index (χ4v) is 3.34. The molecule has 4 nitrogen and oxygen atoms in total. The second-order valence-electron chi connectivity index (χ2n) is 6.30. The Morgan fingerprint density at radius 3 is 2.82 bits per heavy atom. The molecular formula is C18H25N3O. The van der Waals surface area contributed by atoms with E-state index in [9.17, 15) is 0 Å². The number of nitrogens with two attached hydrogens (primary N) is 1. The lowest BCUT2D eigenvalue weighted by Crippen LogP contribution is -2.10. The Bertz CT molecular complexity index is 602. The van der Waals surface area contributed by atoms with Crippen LogP contribution in [0, 0.1) is 5.92 Å². The molecule has 22 heavy (non-hydrogen) atoms. The summed E-state index contributed by atoms with van der Waals surface area (Å²) in [6.45, 7) is 2.09. The molecule has 2 aromatic rings. The lowest BCUT2D eigenvalue weighted by atomic mass is 9.99. The Kier molecular flexibility index (Phi) is 4.88. The van der Waals surface area contributed by atoms with Crippen LogP contribution in [0.25, 0.3) is 11.4 Å². The molecule has 1 aliphatic carbocycles. The maximum absolute atomic E-state index is 6.19. The van der Waals surface area contributed by atoms with Gasteiger partial charge in [-0.3, -0.25) is 0 Å². The molecule has 1 aliphatic rings. The van der Waals surface area contributed by atoms with Crippen molar-refractivity contribution in [2.45, 2.75) is 57.9 Å². The number of aryl methyl sites for hydroxylation is 1. The second kappa shape index (κ2) is 7.05. The zero-order chi connectivity index (χ0) is 15.4. The van der Waals surface area contributed by atoms with Crippen LogP contribution in [0.15, 0.2) is 28.8 Å². The minimum absolute atomic E-state index is 0.0108. The molecule has 0 spiro atoms. The van der Waals surface area contributed by atoms with Gasteiger partial charge in [-0.25, -0.2) is 0 Å². The number of hydrogen-bond acceptors (Lipinski definition) is 4. The molecule has 4 heteroatoms. The summed E-state index contributed by atoms with van der Waals surface area (Å²) >= 11 is 0. The maximum atomic E-state index is 6.19. The van der Waals surface area contributed by atoms with Crippen LogP contribution >= 0.6 is 0 Å². The predicted molar refractivity (Wildman–Crippen MR) is 87.2 cm³/mol. The van der Waals surface area contributed by atoms with Crippen molar-refractivity contribution in [2.75, 3.05) is 0 Å². The SMILES string of the molecule is CCC(N)c1ccccc1-c1noc(CCC2CCCC2)n1. The highest BCUT2D eigenvalue weighted by molar-refractivity contribution is 5.60. The Hall–Kier alpha value is -1.68. The van der Waals surface area contributed by atoms with E-state index in [1.807, 2.05) is 18.2 Å². The fourth-order valence-electron chi connectivity index (χ4n) is 3.34. The molecule has 1 heterocycles. The van der Waals surface area contributed by atoms with E-state index in [1.54, 1.807) is 0 Å². The molecule has 2 N–H and O–H groups in total. The third-order valence-electron chi connectivity index (χ3n) is 4.75. The molecule has 0 bridgehead atoms. The third kappa shape index (κ3) is 3.38. The Balaban J connectivity index is 1.73. The Labute approximate surface area is 132 Å². The summed E-state index contributed by atoms with van der Waals surface area (Å²) in [7, 11) is 0. The van der Waals surface area contributed by atoms with Gasteiger partial charge in [-0.15, -0.1) is 0 Å². The molecule has 0 radical (unpaired) electrons. The van der Waals surface area contributed by atoms with E-state index in [0.29, 0.717) is 5.82 Å². The van der Waals surface area contributed by atoms with E-state index >= 15 is 0 Å². The number of nitrogens with zero attached hydrogens (tertiary/aromatic N) is 2. The van der Waals surface area contributed by atoms with Gasteiger partial charge in [0.2, 0.25) is 11.7 Å². The smallest absolute Gasteiger partial charge is 0.226 e. The summed E-state index contributed by atoms with van der Waals surface area (Å²) in [5.41, 5.74) is 8.28. The first kappa shape index (κ1) is 15.2. The highest BCUT2D eigenvalue weighted by Gasteiger charge is 2.18. The van der Waals surface area contributed by atoms with E-state index in [4.69, 9.17) is 10.3 Å². The van der Waals surface area contributed by atoms with Crippen molar-refractivity contribution in [2.24, 2.45) is 11.7 Å². The zero-order valence-corrected chi connectivity index (χ0v) is 13.3. The van der Waals surface area contributed by atoms with Gasteiger partial charge < -0.3 is 10.3 Å². The minimum Gasteiger partial charge on any atom is -0.339 e. The van der Waals surface area contributed by atoms with Gasteiger partial charge >= 0.3 is 0 Å². The number of benzene rings is 1. The zero-order valence-electron chi connectivity index (χ0n) is 13.3. The van der Waals surface area contributed by atoms with Crippen LogP contribution < -0.4 is 5.73 Å². The topological polar surface area (TPSA) is 64.9 Å². The van der Waals surface area contributed by atoms with E-state index in [-0.39, 0.29) is 6.04 Å². The van der Waals surface area contributed by atoms with Gasteiger partial charge in [-0.05, 0) is 24.3 Å². The van der Waals surface area contributed by atoms with E-state index in [1.165, 1.54) is 25.7 Å². The van der Waals surface area contributed by atoms with E-state index in [2.05, 4.69) is 23.1 Å². The molecule has 3 rings (SSSR count). The quantitative estimate of drug-likeness (QED) is 0.865. The normalized spacial score (nSPS) is 17.0. The molecule has 1 atom stereocenters. The fraction of sp³-hybridized carbons (Fsp3) is 0.556. The van der Waals surface area contributed by atoms with Crippen molar-refractivity contribution in [1.82, 2.24) is 10.1 Å². The average Bonchev–Trinajstić information content (AvgIpc) is 3.23. The van der Waals surface area contributed by atoms with E-state index < -0.39 is 0 Å². The summed E-state index contributed by atoms with van der Waals surface area (Å²) in [6.07, 6.45) is 8.41. The Morgan fingerprint density at radius 2 is 2.05 bits per heavy atom. The standard InChI is InChI=1S/C18H25N3O/c1-2-16(19)14-9-5-6-10-15(14)18-20-17(22-21-18)12-11-13-7-3-4-8-13/h5-6,9-10,13,16H,2-4,7-8,11-12,19H2,1H3. The van der Waals surface area contributed by atoms with E-state index in [0.717, 1.165) is 42.2 Å². The second-order valence-corrected chi connectivity index (χ2v) is 6.30. The Morgan fingerprint density at radius 1 is 1.27 bits per heavy atom. The first-order valence-corrected chi connectivity index (χ1v) is 8.45. The van der Waals surface area contributed by atoms with Gasteiger partial charge in [-0.1, -0.05) is 62.0 Å². The van der Waals surface area contributed by atoms with Crippen LogP contribution in [0.4, 0.5) is 0 Å². The molecule has 1 aromatic heterocycles. The highest BCUT2D eigenvalue weighted by Crippen LogP contribution is 2.30. The molecule has 1 unspecified atom stereocenters.